The highest BCUT2D eigenvalue weighted by Gasteiger charge is 2.22. The molecule has 1 N–H and O–H groups in total. The van der Waals surface area contributed by atoms with Crippen molar-refractivity contribution in [1.29, 1.82) is 0 Å². The molecular weight excluding hydrogens is 266 g/mol. The van der Waals surface area contributed by atoms with Crippen molar-refractivity contribution >= 4 is 11.6 Å². The quantitative estimate of drug-likeness (QED) is 0.841. The lowest BCUT2D eigenvalue weighted by atomic mass is 10.1. The Morgan fingerprint density at radius 1 is 1.48 bits per heavy atom. The van der Waals surface area contributed by atoms with Crippen molar-refractivity contribution < 1.29 is 14.3 Å². The molecule has 1 atom stereocenters. The number of amides is 1. The van der Waals surface area contributed by atoms with E-state index in [0.717, 1.165) is 24.2 Å². The minimum atomic E-state index is -0.108. The van der Waals surface area contributed by atoms with Gasteiger partial charge in [-0.2, -0.15) is 0 Å². The molecule has 0 saturated carbocycles. The van der Waals surface area contributed by atoms with Crippen LogP contribution in [0.1, 0.15) is 39.7 Å². The highest BCUT2D eigenvalue weighted by molar-refractivity contribution is 6.04. The molecule has 0 aromatic heterocycles. The molecule has 0 aliphatic carbocycles. The number of ether oxygens (including phenoxy) is 2. The van der Waals surface area contributed by atoms with Crippen LogP contribution in [0, 0.1) is 0 Å². The third kappa shape index (κ3) is 3.57. The zero-order valence-electron chi connectivity index (χ0n) is 13.2. The van der Waals surface area contributed by atoms with Crippen molar-refractivity contribution in [2.45, 2.75) is 46.6 Å². The number of fused-ring (bicyclic) bond motifs is 1. The summed E-state index contributed by atoms with van der Waals surface area (Å²) >= 11 is 0. The van der Waals surface area contributed by atoms with Crippen molar-refractivity contribution in [3.8, 4) is 11.5 Å². The summed E-state index contributed by atoms with van der Waals surface area (Å²) in [7, 11) is 0. The molecule has 1 heterocycles. The molecule has 0 bridgehead atoms. The molecule has 0 saturated heterocycles. The summed E-state index contributed by atoms with van der Waals surface area (Å²) in [6, 6.07) is 3.83. The Morgan fingerprint density at radius 3 is 2.90 bits per heavy atom. The fraction of sp³-hybridized carbons (Fsp3) is 0.471. The number of carbonyl (C=O) groups is 1. The summed E-state index contributed by atoms with van der Waals surface area (Å²) in [5, 5.41) is 2.91. The Labute approximate surface area is 126 Å². The lowest BCUT2D eigenvalue weighted by Gasteiger charge is -2.13. The number of rotatable bonds is 5. The van der Waals surface area contributed by atoms with Crippen LogP contribution in [0.2, 0.25) is 0 Å². The molecule has 2 rings (SSSR count). The van der Waals surface area contributed by atoms with Gasteiger partial charge in [-0.3, -0.25) is 4.79 Å². The number of hydrogen-bond acceptors (Lipinski definition) is 3. The topological polar surface area (TPSA) is 47.6 Å². The van der Waals surface area contributed by atoms with Gasteiger partial charge in [0.2, 0.25) is 0 Å². The lowest BCUT2D eigenvalue weighted by Crippen LogP contribution is -2.14. The van der Waals surface area contributed by atoms with Crippen molar-refractivity contribution in [3.05, 3.63) is 29.3 Å². The van der Waals surface area contributed by atoms with Crippen molar-refractivity contribution in [3.63, 3.8) is 0 Å². The van der Waals surface area contributed by atoms with Crippen LogP contribution in [0.4, 0.5) is 5.69 Å². The van der Waals surface area contributed by atoms with Crippen LogP contribution in [-0.2, 0) is 11.2 Å². The Hall–Kier alpha value is -1.97. The largest absolute Gasteiger partial charge is 0.492 e. The second-order valence-electron chi connectivity index (χ2n) is 5.27. The van der Waals surface area contributed by atoms with Crippen LogP contribution in [0.5, 0.6) is 11.5 Å². The summed E-state index contributed by atoms with van der Waals surface area (Å²) < 4.78 is 11.4. The molecule has 1 amide bonds. The second kappa shape index (κ2) is 6.66. The van der Waals surface area contributed by atoms with E-state index in [-0.39, 0.29) is 12.0 Å². The van der Waals surface area contributed by atoms with Gasteiger partial charge in [0, 0.05) is 23.6 Å². The zero-order valence-corrected chi connectivity index (χ0v) is 13.2. The molecule has 21 heavy (non-hydrogen) atoms. The van der Waals surface area contributed by atoms with Gasteiger partial charge in [-0.05, 0) is 33.3 Å². The number of carbonyl (C=O) groups excluding carboxylic acids is 1. The van der Waals surface area contributed by atoms with Gasteiger partial charge in [0.1, 0.15) is 17.6 Å². The number of benzene rings is 1. The highest BCUT2D eigenvalue weighted by atomic mass is 16.5. The minimum absolute atomic E-state index is 0.108. The summed E-state index contributed by atoms with van der Waals surface area (Å²) in [5.41, 5.74) is 2.50. The van der Waals surface area contributed by atoms with Crippen LogP contribution in [-0.4, -0.2) is 18.6 Å². The normalized spacial score (nSPS) is 17.1. The van der Waals surface area contributed by atoms with Crippen LogP contribution in [0.3, 0.4) is 0 Å². The molecular formula is C17H23NO3. The van der Waals surface area contributed by atoms with Gasteiger partial charge in [-0.1, -0.05) is 13.0 Å². The molecule has 0 spiro atoms. The molecule has 114 valence electrons. The standard InChI is InChI=1S/C17H23NO3/c1-5-7-11(3)17(19)18-14-10-15-13(8-12(4)21-15)9-16(14)20-6-2/h7,9-10,12H,5-6,8H2,1-4H3,(H,18,19). The molecule has 1 aliphatic rings. The van der Waals surface area contributed by atoms with E-state index in [9.17, 15) is 4.79 Å². The Kier molecular flexibility index (Phi) is 4.89. The summed E-state index contributed by atoms with van der Waals surface area (Å²) in [6.07, 6.45) is 3.78. The fourth-order valence-electron chi connectivity index (χ4n) is 2.43. The van der Waals surface area contributed by atoms with E-state index in [1.165, 1.54) is 0 Å². The first-order valence-electron chi connectivity index (χ1n) is 7.49. The average Bonchev–Trinajstić information content (AvgIpc) is 2.78. The van der Waals surface area contributed by atoms with Gasteiger partial charge in [0.25, 0.3) is 5.91 Å². The van der Waals surface area contributed by atoms with Gasteiger partial charge in [0.05, 0.1) is 12.3 Å². The molecule has 4 heteroatoms. The molecule has 1 aliphatic heterocycles. The second-order valence-corrected chi connectivity index (χ2v) is 5.27. The number of allylic oxidation sites excluding steroid dienone is 1. The smallest absolute Gasteiger partial charge is 0.251 e. The van der Waals surface area contributed by atoms with Crippen molar-refractivity contribution in [2.75, 3.05) is 11.9 Å². The van der Waals surface area contributed by atoms with E-state index >= 15 is 0 Å². The maximum atomic E-state index is 12.1. The molecule has 1 aromatic carbocycles. The van der Waals surface area contributed by atoms with Crippen LogP contribution < -0.4 is 14.8 Å². The van der Waals surface area contributed by atoms with E-state index in [4.69, 9.17) is 9.47 Å². The number of nitrogens with one attached hydrogen (secondary N) is 1. The van der Waals surface area contributed by atoms with Crippen molar-refractivity contribution in [2.24, 2.45) is 0 Å². The monoisotopic (exact) mass is 289 g/mol. The first kappa shape index (κ1) is 15.4. The van der Waals surface area contributed by atoms with Crippen LogP contribution in [0.25, 0.3) is 0 Å². The predicted octanol–water partition coefficient (Wildman–Crippen LogP) is 3.70. The minimum Gasteiger partial charge on any atom is -0.492 e. The molecule has 0 radical (unpaired) electrons. The molecule has 0 fully saturated rings. The average molecular weight is 289 g/mol. The summed E-state index contributed by atoms with van der Waals surface area (Å²) in [6.45, 7) is 8.34. The van der Waals surface area contributed by atoms with E-state index < -0.39 is 0 Å². The molecule has 4 nitrogen and oxygen atoms in total. The Morgan fingerprint density at radius 2 is 2.24 bits per heavy atom. The molecule has 1 aromatic rings. The maximum Gasteiger partial charge on any atom is 0.251 e. The predicted molar refractivity (Wildman–Crippen MR) is 84.1 cm³/mol. The Balaban J connectivity index is 2.28. The van der Waals surface area contributed by atoms with Gasteiger partial charge in [-0.25, -0.2) is 0 Å². The summed E-state index contributed by atoms with van der Waals surface area (Å²) in [4.78, 5) is 12.1. The van der Waals surface area contributed by atoms with Crippen LogP contribution in [0.15, 0.2) is 23.8 Å². The van der Waals surface area contributed by atoms with Gasteiger partial charge in [-0.15, -0.1) is 0 Å². The van der Waals surface area contributed by atoms with E-state index in [0.29, 0.717) is 23.6 Å². The Bertz CT molecular complexity index is 563. The SMILES string of the molecule is CCC=C(C)C(=O)Nc1cc2c(cc1OCC)CC(C)O2. The van der Waals surface area contributed by atoms with Gasteiger partial charge < -0.3 is 14.8 Å². The number of hydrogen-bond donors (Lipinski definition) is 1. The number of anilines is 1. The third-order valence-electron chi connectivity index (χ3n) is 3.41. The lowest BCUT2D eigenvalue weighted by molar-refractivity contribution is -0.112. The molecule has 1 unspecified atom stereocenters. The van der Waals surface area contributed by atoms with Crippen LogP contribution >= 0.6 is 0 Å². The third-order valence-corrected chi connectivity index (χ3v) is 3.41. The first-order valence-corrected chi connectivity index (χ1v) is 7.49. The van der Waals surface area contributed by atoms with E-state index in [1.807, 2.05) is 45.9 Å². The van der Waals surface area contributed by atoms with Crippen molar-refractivity contribution in [1.82, 2.24) is 0 Å². The fourth-order valence-corrected chi connectivity index (χ4v) is 2.43. The van der Waals surface area contributed by atoms with E-state index in [2.05, 4.69) is 5.32 Å². The summed E-state index contributed by atoms with van der Waals surface area (Å²) in [5.74, 6) is 1.42. The first-order chi connectivity index (χ1) is 10.0. The van der Waals surface area contributed by atoms with Gasteiger partial charge >= 0.3 is 0 Å². The van der Waals surface area contributed by atoms with Gasteiger partial charge in [0.15, 0.2) is 0 Å². The maximum absolute atomic E-state index is 12.1. The zero-order chi connectivity index (χ0) is 15.4. The highest BCUT2D eigenvalue weighted by Crippen LogP contribution is 2.38. The van der Waals surface area contributed by atoms with E-state index in [1.54, 1.807) is 0 Å².